The van der Waals surface area contributed by atoms with Crippen molar-refractivity contribution in [2.24, 2.45) is 0 Å². The zero-order valence-corrected chi connectivity index (χ0v) is 17.9. The van der Waals surface area contributed by atoms with Crippen molar-refractivity contribution in [1.29, 1.82) is 0 Å². The average Bonchev–Trinajstić information content (AvgIpc) is 2.58. The molecule has 4 nitrogen and oxygen atoms in total. The first-order chi connectivity index (χ1) is 13.3. The van der Waals surface area contributed by atoms with Crippen molar-refractivity contribution >= 4 is 23.4 Å². The molecule has 0 aliphatic rings. The van der Waals surface area contributed by atoms with Gasteiger partial charge in [0.2, 0.25) is 0 Å². The zero-order chi connectivity index (χ0) is 20.4. The van der Waals surface area contributed by atoms with Crippen molar-refractivity contribution in [3.8, 4) is 16.9 Å². The lowest BCUT2D eigenvalue weighted by Gasteiger charge is -2.12. The molecule has 0 saturated carbocycles. The van der Waals surface area contributed by atoms with Crippen LogP contribution in [0.3, 0.4) is 0 Å². The summed E-state index contributed by atoms with van der Waals surface area (Å²) in [5, 5.41) is 11.9. The normalized spacial score (nSPS) is 11.0. The lowest BCUT2D eigenvalue weighted by molar-refractivity contribution is 0.430. The van der Waals surface area contributed by atoms with Crippen LogP contribution < -0.4 is 5.63 Å². The largest absolute Gasteiger partial charge is 0.507 e. The number of aromatic nitrogens is 1. The van der Waals surface area contributed by atoms with E-state index in [1.165, 1.54) is 17.8 Å². The molecule has 3 rings (SSSR count). The third kappa shape index (κ3) is 4.42. The van der Waals surface area contributed by atoms with Crippen molar-refractivity contribution in [3.63, 3.8) is 0 Å². The quantitative estimate of drug-likeness (QED) is 0.547. The molecule has 0 aliphatic carbocycles. The summed E-state index contributed by atoms with van der Waals surface area (Å²) >= 11 is 7.68. The van der Waals surface area contributed by atoms with Crippen LogP contribution in [0, 0.1) is 27.7 Å². The molecule has 0 unspecified atom stereocenters. The molecule has 0 radical (unpaired) electrons. The van der Waals surface area contributed by atoms with E-state index < -0.39 is 5.63 Å². The second-order valence-corrected chi connectivity index (χ2v) is 8.42. The van der Waals surface area contributed by atoms with Crippen LogP contribution in [0.15, 0.2) is 44.7 Å². The Bertz CT molecular complexity index is 1070. The third-order valence-electron chi connectivity index (χ3n) is 4.44. The SMILES string of the molecule is Cc1cc(C)c(-c2c(O)cc(CCSc3ncc(C)cc3Cl)oc2=O)c(C)c1. The van der Waals surface area contributed by atoms with Crippen LogP contribution in [0.2, 0.25) is 5.02 Å². The highest BCUT2D eigenvalue weighted by Crippen LogP contribution is 2.33. The molecule has 1 N–H and O–H groups in total. The first kappa shape index (κ1) is 20.5. The number of aromatic hydroxyl groups is 1. The molecule has 0 spiro atoms. The minimum Gasteiger partial charge on any atom is -0.507 e. The van der Waals surface area contributed by atoms with E-state index in [0.717, 1.165) is 32.8 Å². The van der Waals surface area contributed by atoms with E-state index in [0.29, 0.717) is 23.0 Å². The van der Waals surface area contributed by atoms with Crippen LogP contribution in [-0.4, -0.2) is 15.8 Å². The van der Waals surface area contributed by atoms with Gasteiger partial charge in [-0.2, -0.15) is 0 Å². The first-order valence-corrected chi connectivity index (χ1v) is 10.3. The fraction of sp³-hybridized carbons (Fsp3) is 0.273. The van der Waals surface area contributed by atoms with E-state index >= 15 is 0 Å². The Kier molecular flexibility index (Phi) is 6.16. The fourth-order valence-corrected chi connectivity index (χ4v) is 4.54. The van der Waals surface area contributed by atoms with Gasteiger partial charge in [-0.25, -0.2) is 9.78 Å². The molecule has 1 aromatic carbocycles. The summed E-state index contributed by atoms with van der Waals surface area (Å²) in [4.78, 5) is 16.9. The summed E-state index contributed by atoms with van der Waals surface area (Å²) in [6.07, 6.45) is 2.24. The third-order valence-corrected chi connectivity index (χ3v) is 5.85. The fourth-order valence-electron chi connectivity index (χ4n) is 3.33. The summed E-state index contributed by atoms with van der Waals surface area (Å²) in [5.41, 5.74) is 4.40. The number of rotatable bonds is 5. The van der Waals surface area contributed by atoms with E-state index in [1.54, 1.807) is 6.20 Å². The molecule has 28 heavy (non-hydrogen) atoms. The average molecular weight is 416 g/mol. The Morgan fingerprint density at radius 1 is 1.04 bits per heavy atom. The molecule has 2 aromatic heterocycles. The highest BCUT2D eigenvalue weighted by atomic mass is 35.5. The monoisotopic (exact) mass is 415 g/mol. The van der Waals surface area contributed by atoms with Crippen LogP contribution in [0.25, 0.3) is 11.1 Å². The number of thioether (sulfide) groups is 1. The molecule has 146 valence electrons. The van der Waals surface area contributed by atoms with Gasteiger partial charge in [0.05, 0.1) is 5.02 Å². The summed E-state index contributed by atoms with van der Waals surface area (Å²) in [6.45, 7) is 7.79. The maximum absolute atomic E-state index is 12.6. The van der Waals surface area contributed by atoms with E-state index in [2.05, 4.69) is 4.98 Å². The smallest absolute Gasteiger partial charge is 0.347 e. The van der Waals surface area contributed by atoms with Gasteiger partial charge in [-0.1, -0.05) is 29.3 Å². The lowest BCUT2D eigenvalue weighted by atomic mass is 9.94. The van der Waals surface area contributed by atoms with Gasteiger partial charge in [0.15, 0.2) is 0 Å². The first-order valence-electron chi connectivity index (χ1n) is 8.95. The van der Waals surface area contributed by atoms with Gasteiger partial charge in [0.25, 0.3) is 0 Å². The van der Waals surface area contributed by atoms with Crippen LogP contribution in [0.1, 0.15) is 28.0 Å². The summed E-state index contributed by atoms with van der Waals surface area (Å²) in [6, 6.07) is 7.37. The molecule has 0 fully saturated rings. The zero-order valence-electron chi connectivity index (χ0n) is 16.3. The molecule has 3 aromatic rings. The summed E-state index contributed by atoms with van der Waals surface area (Å²) in [7, 11) is 0. The number of halogens is 1. The van der Waals surface area contributed by atoms with E-state index in [-0.39, 0.29) is 11.3 Å². The van der Waals surface area contributed by atoms with Crippen molar-refractivity contribution in [1.82, 2.24) is 4.98 Å². The number of aryl methyl sites for hydroxylation is 5. The molecule has 0 saturated heterocycles. The van der Waals surface area contributed by atoms with Crippen molar-refractivity contribution in [2.45, 2.75) is 39.1 Å². The summed E-state index contributed by atoms with van der Waals surface area (Å²) < 4.78 is 5.49. The van der Waals surface area contributed by atoms with E-state index in [1.807, 2.05) is 45.9 Å². The number of hydrogen-bond acceptors (Lipinski definition) is 5. The van der Waals surface area contributed by atoms with E-state index in [4.69, 9.17) is 16.0 Å². The van der Waals surface area contributed by atoms with Gasteiger partial charge in [-0.15, -0.1) is 11.8 Å². The van der Waals surface area contributed by atoms with Gasteiger partial charge in [0.1, 0.15) is 22.1 Å². The van der Waals surface area contributed by atoms with Gasteiger partial charge in [0, 0.05) is 24.4 Å². The van der Waals surface area contributed by atoms with Crippen LogP contribution in [0.4, 0.5) is 0 Å². The highest BCUT2D eigenvalue weighted by molar-refractivity contribution is 7.99. The second kappa shape index (κ2) is 8.41. The summed E-state index contributed by atoms with van der Waals surface area (Å²) in [5.74, 6) is 1.00. The maximum Gasteiger partial charge on any atom is 0.347 e. The topological polar surface area (TPSA) is 63.3 Å². The molecule has 0 aliphatic heterocycles. The number of pyridine rings is 1. The Morgan fingerprint density at radius 3 is 2.32 bits per heavy atom. The molecule has 2 heterocycles. The number of hydrogen-bond donors (Lipinski definition) is 1. The van der Waals surface area contributed by atoms with E-state index in [9.17, 15) is 9.90 Å². The molecule has 0 bridgehead atoms. The lowest BCUT2D eigenvalue weighted by Crippen LogP contribution is -2.08. The maximum atomic E-state index is 12.6. The standard InChI is InChI=1S/C22H22ClNO3S/c1-12-7-14(3)19(15(4)8-12)20-18(25)10-16(27-22(20)26)5-6-28-21-17(23)9-13(2)11-24-21/h7-11,25H,5-6H2,1-4H3. The Hall–Kier alpha value is -2.24. The van der Waals surface area contributed by atoms with Gasteiger partial charge in [-0.3, -0.25) is 0 Å². The van der Waals surface area contributed by atoms with Gasteiger partial charge >= 0.3 is 5.63 Å². The van der Waals surface area contributed by atoms with Crippen LogP contribution >= 0.6 is 23.4 Å². The van der Waals surface area contributed by atoms with Crippen LogP contribution in [-0.2, 0) is 6.42 Å². The highest BCUT2D eigenvalue weighted by Gasteiger charge is 2.18. The molecular formula is C22H22ClNO3S. The number of nitrogens with zero attached hydrogens (tertiary/aromatic N) is 1. The molecule has 0 amide bonds. The Labute approximate surface area is 173 Å². The van der Waals surface area contributed by atoms with Crippen molar-refractivity contribution < 1.29 is 9.52 Å². The predicted octanol–water partition coefficient (Wildman–Crippen LogP) is 5.63. The van der Waals surface area contributed by atoms with Crippen molar-refractivity contribution in [3.05, 3.63) is 73.9 Å². The van der Waals surface area contributed by atoms with Gasteiger partial charge < -0.3 is 9.52 Å². The van der Waals surface area contributed by atoms with Gasteiger partial charge in [-0.05, 0) is 56.0 Å². The van der Waals surface area contributed by atoms with Crippen molar-refractivity contribution in [2.75, 3.05) is 5.75 Å². The molecule has 6 heteroatoms. The Balaban J connectivity index is 1.82. The molecular weight excluding hydrogens is 394 g/mol. The number of benzene rings is 1. The molecule has 0 atom stereocenters. The predicted molar refractivity (Wildman–Crippen MR) is 115 cm³/mol. The minimum absolute atomic E-state index is 0.0576. The minimum atomic E-state index is -0.526. The van der Waals surface area contributed by atoms with Crippen LogP contribution in [0.5, 0.6) is 5.75 Å². The Morgan fingerprint density at radius 2 is 1.71 bits per heavy atom. The second-order valence-electron chi connectivity index (χ2n) is 6.93.